The Hall–Kier alpha value is -2.46. The Morgan fingerprint density at radius 2 is 1.19 bits per heavy atom. The molecule has 0 aliphatic heterocycles. The van der Waals surface area contributed by atoms with E-state index in [-0.39, 0.29) is 24.3 Å². The summed E-state index contributed by atoms with van der Waals surface area (Å²) >= 11 is 0. The van der Waals surface area contributed by atoms with Crippen molar-refractivity contribution in [2.24, 2.45) is 0 Å². The van der Waals surface area contributed by atoms with E-state index in [4.69, 9.17) is 5.11 Å². The lowest BCUT2D eigenvalue weighted by atomic mass is 10.1. The molecule has 3 rings (SSSR count). The second kappa shape index (κ2) is 5.50. The molecule has 4 nitrogen and oxygen atoms in total. The first-order valence-electron chi connectivity index (χ1n) is 6.89. The fraction of sp³-hybridized carbons (Fsp3) is 0.176. The van der Waals surface area contributed by atoms with Gasteiger partial charge in [-0.25, -0.2) is 0 Å². The highest BCUT2D eigenvalue weighted by Gasteiger charge is 2.09. The molecule has 1 heterocycles. The molecule has 2 aromatic carbocycles. The van der Waals surface area contributed by atoms with Crippen LogP contribution in [-0.4, -0.2) is 16.3 Å². The molecular formula is C17H15NO3. The van der Waals surface area contributed by atoms with Gasteiger partial charge in [0.25, 0.3) is 11.1 Å². The fourth-order valence-corrected chi connectivity index (χ4v) is 2.62. The SMILES string of the molecule is O=c1c2ccccc2c2ccccc2c(=O)n1CCCO. The number of fused-ring (bicyclic) bond motifs is 3. The maximum atomic E-state index is 12.6. The molecule has 0 atom stereocenters. The summed E-state index contributed by atoms with van der Waals surface area (Å²) in [4.78, 5) is 25.3. The van der Waals surface area contributed by atoms with Gasteiger partial charge in [-0.3, -0.25) is 14.2 Å². The highest BCUT2D eigenvalue weighted by molar-refractivity contribution is 6.05. The molecule has 0 saturated carbocycles. The van der Waals surface area contributed by atoms with Crippen molar-refractivity contribution in [1.29, 1.82) is 0 Å². The zero-order chi connectivity index (χ0) is 14.8. The van der Waals surface area contributed by atoms with E-state index >= 15 is 0 Å². The third kappa shape index (κ3) is 2.23. The standard InChI is InChI=1S/C17H15NO3/c19-11-5-10-18-16(20)14-8-3-1-6-12(14)13-7-2-4-9-15(13)17(18)21/h1-4,6-9,19H,5,10-11H2. The smallest absolute Gasteiger partial charge is 0.261 e. The lowest BCUT2D eigenvalue weighted by molar-refractivity contribution is 0.278. The predicted octanol–water partition coefficient (Wildman–Crippen LogP) is 1.90. The molecule has 4 heteroatoms. The van der Waals surface area contributed by atoms with Crippen molar-refractivity contribution in [2.45, 2.75) is 13.0 Å². The van der Waals surface area contributed by atoms with E-state index in [9.17, 15) is 9.59 Å². The van der Waals surface area contributed by atoms with Crippen molar-refractivity contribution in [2.75, 3.05) is 6.61 Å². The summed E-state index contributed by atoms with van der Waals surface area (Å²) in [6.45, 7) is 0.164. The second-order valence-electron chi connectivity index (χ2n) is 4.93. The van der Waals surface area contributed by atoms with Crippen LogP contribution >= 0.6 is 0 Å². The molecule has 0 bridgehead atoms. The molecule has 0 fully saturated rings. The van der Waals surface area contributed by atoms with Crippen LogP contribution < -0.4 is 11.1 Å². The average Bonchev–Trinajstić information content (AvgIpc) is 2.62. The van der Waals surface area contributed by atoms with Gasteiger partial charge in [0.2, 0.25) is 0 Å². The van der Waals surface area contributed by atoms with Gasteiger partial charge in [-0.2, -0.15) is 0 Å². The van der Waals surface area contributed by atoms with Crippen molar-refractivity contribution < 1.29 is 5.11 Å². The van der Waals surface area contributed by atoms with Gasteiger partial charge in [-0.15, -0.1) is 0 Å². The summed E-state index contributed by atoms with van der Waals surface area (Å²) in [5, 5.41) is 11.6. The molecule has 0 aliphatic rings. The van der Waals surface area contributed by atoms with Crippen LogP contribution in [0, 0.1) is 0 Å². The van der Waals surface area contributed by atoms with Crippen LogP contribution in [0.2, 0.25) is 0 Å². The summed E-state index contributed by atoms with van der Waals surface area (Å²) in [6, 6.07) is 14.5. The molecule has 21 heavy (non-hydrogen) atoms. The molecule has 106 valence electrons. The van der Waals surface area contributed by atoms with Crippen LogP contribution in [0.4, 0.5) is 0 Å². The highest BCUT2D eigenvalue weighted by atomic mass is 16.3. The number of nitrogens with zero attached hydrogens (tertiary/aromatic N) is 1. The Bertz CT molecular complexity index is 856. The zero-order valence-electron chi connectivity index (χ0n) is 11.5. The van der Waals surface area contributed by atoms with Crippen LogP contribution in [-0.2, 0) is 6.54 Å². The fourth-order valence-electron chi connectivity index (χ4n) is 2.62. The minimum atomic E-state index is -0.305. The van der Waals surface area contributed by atoms with Gasteiger partial charge in [0.1, 0.15) is 0 Å². The van der Waals surface area contributed by atoms with E-state index in [0.717, 1.165) is 10.8 Å². The van der Waals surface area contributed by atoms with Crippen molar-refractivity contribution >= 4 is 21.5 Å². The van der Waals surface area contributed by atoms with Gasteiger partial charge in [-0.1, -0.05) is 36.4 Å². The van der Waals surface area contributed by atoms with Gasteiger partial charge in [0, 0.05) is 23.9 Å². The van der Waals surface area contributed by atoms with Crippen LogP contribution in [0.5, 0.6) is 0 Å². The number of hydrogen-bond donors (Lipinski definition) is 1. The Balaban J connectivity index is 2.58. The number of aliphatic hydroxyl groups excluding tert-OH is 1. The molecule has 0 amide bonds. The van der Waals surface area contributed by atoms with E-state index in [0.29, 0.717) is 17.2 Å². The lowest BCUT2D eigenvalue weighted by Crippen LogP contribution is -2.30. The third-order valence-corrected chi connectivity index (χ3v) is 3.64. The Morgan fingerprint density at radius 1 is 0.762 bits per heavy atom. The number of benzene rings is 2. The molecule has 0 aliphatic carbocycles. The molecule has 1 aromatic heterocycles. The number of hydrogen-bond acceptors (Lipinski definition) is 3. The van der Waals surface area contributed by atoms with Crippen molar-refractivity contribution in [3.05, 3.63) is 69.2 Å². The van der Waals surface area contributed by atoms with Crippen LogP contribution in [0.15, 0.2) is 58.1 Å². The third-order valence-electron chi connectivity index (χ3n) is 3.64. The molecular weight excluding hydrogens is 266 g/mol. The Labute approximate surface area is 120 Å². The monoisotopic (exact) mass is 281 g/mol. The summed E-state index contributed by atoms with van der Waals surface area (Å²) in [5.41, 5.74) is -0.611. The molecule has 0 spiro atoms. The largest absolute Gasteiger partial charge is 0.396 e. The number of rotatable bonds is 3. The summed E-state index contributed by atoms with van der Waals surface area (Å²) in [6.07, 6.45) is 0.377. The minimum absolute atomic E-state index is 0.0552. The maximum Gasteiger partial charge on any atom is 0.261 e. The van der Waals surface area contributed by atoms with E-state index < -0.39 is 0 Å². The lowest BCUT2D eigenvalue weighted by Gasteiger charge is -2.00. The minimum Gasteiger partial charge on any atom is -0.396 e. The van der Waals surface area contributed by atoms with Gasteiger partial charge in [0.05, 0.1) is 0 Å². The molecule has 3 aromatic rings. The van der Waals surface area contributed by atoms with Crippen molar-refractivity contribution in [3.8, 4) is 0 Å². The first-order valence-corrected chi connectivity index (χ1v) is 6.89. The molecule has 0 radical (unpaired) electrons. The molecule has 0 unspecified atom stereocenters. The van der Waals surface area contributed by atoms with E-state index in [1.54, 1.807) is 24.3 Å². The summed E-state index contributed by atoms with van der Waals surface area (Å²) in [7, 11) is 0. The number of aromatic nitrogens is 1. The first kappa shape index (κ1) is 13.5. The average molecular weight is 281 g/mol. The van der Waals surface area contributed by atoms with Gasteiger partial charge in [0.15, 0.2) is 0 Å². The molecule has 1 N–H and O–H groups in total. The van der Waals surface area contributed by atoms with Crippen molar-refractivity contribution in [3.63, 3.8) is 0 Å². The van der Waals surface area contributed by atoms with Crippen molar-refractivity contribution in [1.82, 2.24) is 4.57 Å². The first-order chi connectivity index (χ1) is 10.2. The molecule has 0 saturated heterocycles. The van der Waals surface area contributed by atoms with Crippen LogP contribution in [0.25, 0.3) is 21.5 Å². The van der Waals surface area contributed by atoms with E-state index in [1.807, 2.05) is 24.3 Å². The Morgan fingerprint density at radius 3 is 1.62 bits per heavy atom. The van der Waals surface area contributed by atoms with E-state index in [2.05, 4.69) is 0 Å². The maximum absolute atomic E-state index is 12.6. The zero-order valence-corrected chi connectivity index (χ0v) is 11.5. The predicted molar refractivity (Wildman–Crippen MR) is 83.7 cm³/mol. The topological polar surface area (TPSA) is 59.3 Å². The Kier molecular flexibility index (Phi) is 3.54. The summed E-state index contributed by atoms with van der Waals surface area (Å²) in [5.74, 6) is 0. The van der Waals surface area contributed by atoms with Gasteiger partial charge in [-0.05, 0) is 29.3 Å². The quantitative estimate of drug-likeness (QED) is 0.797. The van der Waals surface area contributed by atoms with E-state index in [1.165, 1.54) is 4.57 Å². The van der Waals surface area contributed by atoms with Gasteiger partial charge >= 0.3 is 0 Å². The van der Waals surface area contributed by atoms with Crippen LogP contribution in [0.3, 0.4) is 0 Å². The van der Waals surface area contributed by atoms with Gasteiger partial charge < -0.3 is 5.11 Å². The summed E-state index contributed by atoms with van der Waals surface area (Å²) < 4.78 is 1.22. The number of aliphatic hydroxyl groups is 1. The second-order valence-corrected chi connectivity index (χ2v) is 4.93. The van der Waals surface area contributed by atoms with Crippen LogP contribution in [0.1, 0.15) is 6.42 Å². The normalized spacial score (nSPS) is 11.1. The highest BCUT2D eigenvalue weighted by Crippen LogP contribution is 2.19.